The Balaban J connectivity index is 1.14. The zero-order chi connectivity index (χ0) is 24.5. The van der Waals surface area contributed by atoms with E-state index in [4.69, 9.17) is 4.98 Å². The van der Waals surface area contributed by atoms with E-state index < -0.39 is 0 Å². The monoisotopic (exact) mass is 500 g/mol. The molecule has 1 N–H and O–H groups in total. The number of rotatable bonds is 7. The molecule has 0 bridgehead atoms. The Morgan fingerprint density at radius 3 is 2.44 bits per heavy atom. The summed E-state index contributed by atoms with van der Waals surface area (Å²) in [5.41, 5.74) is 5.14. The number of thioether (sulfide) groups is 1. The normalized spacial score (nSPS) is 17.5. The molecule has 2 aliphatic carbocycles. The summed E-state index contributed by atoms with van der Waals surface area (Å²) < 4.78 is 1.76. The highest BCUT2D eigenvalue weighted by atomic mass is 32.2. The second kappa shape index (κ2) is 10.2. The van der Waals surface area contributed by atoms with Crippen LogP contribution in [0, 0.1) is 0 Å². The van der Waals surface area contributed by atoms with Gasteiger partial charge in [0.05, 0.1) is 23.5 Å². The molecule has 0 saturated heterocycles. The fourth-order valence-electron chi connectivity index (χ4n) is 5.43. The minimum Gasteiger partial charge on any atom is -0.338 e. The number of carbonyl (C=O) groups is 1. The molecular weight excluding hydrogens is 468 g/mol. The van der Waals surface area contributed by atoms with Crippen LogP contribution in [-0.4, -0.2) is 44.7 Å². The fraction of sp³-hybridized carbons (Fsp3) is 0.414. The van der Waals surface area contributed by atoms with Gasteiger partial charge in [0.15, 0.2) is 5.16 Å². The molecule has 2 aromatic carbocycles. The lowest BCUT2D eigenvalue weighted by Gasteiger charge is -2.30. The molecule has 1 fully saturated rings. The van der Waals surface area contributed by atoms with Crippen LogP contribution in [0.2, 0.25) is 0 Å². The Morgan fingerprint density at radius 2 is 1.75 bits per heavy atom. The Labute approximate surface area is 216 Å². The number of aromatic nitrogens is 2. The SMILES string of the molecule is O=C(CCNC1Cc2ccccc2C1)N1CCc2nc(SC3CCC3)n(-c3ccccc3)c(=O)c2C1. The molecule has 0 radical (unpaired) electrons. The van der Waals surface area contributed by atoms with Gasteiger partial charge in [0.2, 0.25) is 5.91 Å². The van der Waals surface area contributed by atoms with E-state index in [1.54, 1.807) is 16.3 Å². The highest BCUT2D eigenvalue weighted by Crippen LogP contribution is 2.36. The zero-order valence-electron chi connectivity index (χ0n) is 20.5. The summed E-state index contributed by atoms with van der Waals surface area (Å²) in [6.07, 6.45) is 6.72. The lowest BCUT2D eigenvalue weighted by molar-refractivity contribution is -0.132. The molecule has 1 amide bonds. The highest BCUT2D eigenvalue weighted by molar-refractivity contribution is 7.99. The number of nitrogens with zero attached hydrogens (tertiary/aromatic N) is 3. The van der Waals surface area contributed by atoms with Gasteiger partial charge in [-0.2, -0.15) is 0 Å². The molecule has 1 aliphatic heterocycles. The minimum atomic E-state index is -0.0348. The summed E-state index contributed by atoms with van der Waals surface area (Å²) in [6.45, 7) is 1.62. The molecule has 0 atom stereocenters. The fourth-order valence-corrected chi connectivity index (χ4v) is 6.76. The summed E-state index contributed by atoms with van der Waals surface area (Å²) in [6, 6.07) is 18.7. The van der Waals surface area contributed by atoms with Crippen molar-refractivity contribution in [3.05, 3.63) is 87.3 Å². The number of hydrogen-bond donors (Lipinski definition) is 1. The van der Waals surface area contributed by atoms with Crippen LogP contribution in [0.15, 0.2) is 64.5 Å². The van der Waals surface area contributed by atoms with Crippen molar-refractivity contribution in [2.24, 2.45) is 0 Å². The molecule has 0 unspecified atom stereocenters. The summed E-state index contributed by atoms with van der Waals surface area (Å²) in [7, 11) is 0. The molecule has 1 saturated carbocycles. The predicted octanol–water partition coefficient (Wildman–Crippen LogP) is 3.91. The minimum absolute atomic E-state index is 0.0348. The van der Waals surface area contributed by atoms with Gasteiger partial charge in [-0.05, 0) is 48.9 Å². The van der Waals surface area contributed by atoms with Crippen molar-refractivity contribution in [3.63, 3.8) is 0 Å². The first-order valence-corrected chi connectivity index (χ1v) is 14.0. The van der Waals surface area contributed by atoms with Gasteiger partial charge in [-0.1, -0.05) is 60.6 Å². The second-order valence-electron chi connectivity index (χ2n) is 10.1. The van der Waals surface area contributed by atoms with Gasteiger partial charge >= 0.3 is 0 Å². The van der Waals surface area contributed by atoms with Crippen LogP contribution >= 0.6 is 11.8 Å². The van der Waals surface area contributed by atoms with Crippen LogP contribution in [0.4, 0.5) is 0 Å². The topological polar surface area (TPSA) is 67.2 Å². The van der Waals surface area contributed by atoms with E-state index in [1.807, 2.05) is 35.2 Å². The molecule has 1 aromatic heterocycles. The van der Waals surface area contributed by atoms with Crippen molar-refractivity contribution < 1.29 is 4.79 Å². The molecule has 7 heteroatoms. The van der Waals surface area contributed by atoms with Gasteiger partial charge < -0.3 is 10.2 Å². The van der Waals surface area contributed by atoms with Crippen molar-refractivity contribution in [3.8, 4) is 5.69 Å². The highest BCUT2D eigenvalue weighted by Gasteiger charge is 2.29. The quantitative estimate of drug-likeness (QED) is 0.499. The van der Waals surface area contributed by atoms with E-state index in [2.05, 4.69) is 29.6 Å². The molecule has 0 spiro atoms. The molecule has 3 aromatic rings. The summed E-state index contributed by atoms with van der Waals surface area (Å²) in [5.74, 6) is 0.0993. The van der Waals surface area contributed by atoms with Crippen molar-refractivity contribution >= 4 is 17.7 Å². The van der Waals surface area contributed by atoms with Gasteiger partial charge in [0.25, 0.3) is 5.56 Å². The van der Waals surface area contributed by atoms with Crippen LogP contribution in [0.3, 0.4) is 0 Å². The largest absolute Gasteiger partial charge is 0.338 e. The van der Waals surface area contributed by atoms with E-state index in [0.717, 1.165) is 29.4 Å². The third-order valence-corrected chi connectivity index (χ3v) is 9.00. The van der Waals surface area contributed by atoms with Crippen LogP contribution in [-0.2, 0) is 30.6 Å². The number of benzene rings is 2. The number of fused-ring (bicyclic) bond motifs is 2. The maximum atomic E-state index is 13.7. The zero-order valence-corrected chi connectivity index (χ0v) is 21.3. The summed E-state index contributed by atoms with van der Waals surface area (Å²) >= 11 is 1.73. The van der Waals surface area contributed by atoms with Crippen LogP contribution in [0.25, 0.3) is 5.69 Å². The maximum Gasteiger partial charge on any atom is 0.264 e. The van der Waals surface area contributed by atoms with Gasteiger partial charge in [-0.25, -0.2) is 4.98 Å². The Kier molecular flexibility index (Phi) is 6.67. The molecule has 2 heterocycles. The van der Waals surface area contributed by atoms with Gasteiger partial charge in [-0.15, -0.1) is 0 Å². The smallest absolute Gasteiger partial charge is 0.264 e. The molecule has 36 heavy (non-hydrogen) atoms. The van der Waals surface area contributed by atoms with Crippen LogP contribution in [0.1, 0.15) is 48.1 Å². The third kappa shape index (κ3) is 4.74. The standard InChI is InChI=1S/C29H32N4O2S/c34-27(13-15-30-22-17-20-7-4-5-8-21(20)18-22)32-16-14-26-25(19-32)28(35)33(23-9-2-1-3-10-23)29(31-26)36-24-11-6-12-24/h1-5,7-10,22,24,30H,6,11-19H2. The van der Waals surface area contributed by atoms with Gasteiger partial charge in [-0.3, -0.25) is 14.2 Å². The van der Waals surface area contributed by atoms with Crippen molar-refractivity contribution in [2.45, 2.75) is 67.9 Å². The van der Waals surface area contributed by atoms with E-state index in [1.165, 1.54) is 30.4 Å². The number of amides is 1. The second-order valence-corrected chi connectivity index (χ2v) is 11.4. The molecule has 6 rings (SSSR count). The summed E-state index contributed by atoms with van der Waals surface area (Å²) in [4.78, 5) is 33.6. The molecule has 186 valence electrons. The van der Waals surface area contributed by atoms with Crippen molar-refractivity contribution in [2.75, 3.05) is 13.1 Å². The lowest BCUT2D eigenvalue weighted by Crippen LogP contribution is -2.42. The molecule has 6 nitrogen and oxygen atoms in total. The molecular formula is C29H32N4O2S. The van der Waals surface area contributed by atoms with Crippen molar-refractivity contribution in [1.82, 2.24) is 19.8 Å². The van der Waals surface area contributed by atoms with E-state index >= 15 is 0 Å². The Bertz CT molecular complexity index is 1290. The van der Waals surface area contributed by atoms with Crippen LogP contribution < -0.4 is 10.9 Å². The first-order valence-electron chi connectivity index (χ1n) is 13.1. The Morgan fingerprint density at radius 1 is 1.03 bits per heavy atom. The average molecular weight is 501 g/mol. The maximum absolute atomic E-state index is 13.7. The van der Waals surface area contributed by atoms with Gasteiger partial charge in [0.1, 0.15) is 0 Å². The first kappa shape index (κ1) is 23.5. The van der Waals surface area contributed by atoms with Crippen LogP contribution in [0.5, 0.6) is 0 Å². The number of carbonyl (C=O) groups excluding carboxylic acids is 1. The summed E-state index contributed by atoms with van der Waals surface area (Å²) in [5, 5.41) is 4.89. The van der Waals surface area contributed by atoms with E-state index in [-0.39, 0.29) is 11.5 Å². The first-order chi connectivity index (χ1) is 17.7. The lowest BCUT2D eigenvalue weighted by atomic mass is 10.0. The van der Waals surface area contributed by atoms with Crippen molar-refractivity contribution in [1.29, 1.82) is 0 Å². The van der Waals surface area contributed by atoms with E-state index in [9.17, 15) is 9.59 Å². The Hall–Kier alpha value is -2.90. The number of hydrogen-bond acceptors (Lipinski definition) is 5. The number of nitrogens with one attached hydrogen (secondary N) is 1. The third-order valence-electron chi connectivity index (χ3n) is 7.71. The van der Waals surface area contributed by atoms with E-state index in [0.29, 0.717) is 49.3 Å². The average Bonchev–Trinajstić information content (AvgIpc) is 3.29. The predicted molar refractivity (Wildman–Crippen MR) is 143 cm³/mol. The number of para-hydroxylation sites is 1. The molecule has 3 aliphatic rings. The van der Waals surface area contributed by atoms with Gasteiger partial charge in [0, 0.05) is 37.2 Å².